The van der Waals surface area contributed by atoms with Gasteiger partial charge in [0.25, 0.3) is 11.8 Å². The van der Waals surface area contributed by atoms with E-state index in [2.05, 4.69) is 25.7 Å². The molecule has 2 aromatic carbocycles. The Morgan fingerprint density at radius 2 is 1.47 bits per heavy atom. The van der Waals surface area contributed by atoms with Crippen LogP contribution in [0.5, 0.6) is 0 Å². The van der Waals surface area contributed by atoms with Gasteiger partial charge in [0.2, 0.25) is 0 Å². The van der Waals surface area contributed by atoms with Crippen LogP contribution in [0.2, 0.25) is 0 Å². The zero-order chi connectivity index (χ0) is 22.9. The monoisotopic (exact) mass is 433 g/mol. The molecule has 6 nitrogen and oxygen atoms in total. The Balaban J connectivity index is 1.69. The van der Waals surface area contributed by atoms with Crippen molar-refractivity contribution in [1.82, 2.24) is 9.80 Å². The first-order valence-electron chi connectivity index (χ1n) is 11.2. The van der Waals surface area contributed by atoms with Crippen molar-refractivity contribution < 1.29 is 14.7 Å². The van der Waals surface area contributed by atoms with Gasteiger partial charge >= 0.3 is 0 Å². The summed E-state index contributed by atoms with van der Waals surface area (Å²) in [7, 11) is 0. The highest BCUT2D eigenvalue weighted by Crippen LogP contribution is 2.36. The van der Waals surface area contributed by atoms with Gasteiger partial charge in [-0.2, -0.15) is 0 Å². The van der Waals surface area contributed by atoms with Crippen LogP contribution in [0.4, 0.5) is 5.69 Å². The normalized spacial score (nSPS) is 18.1. The molecular weight excluding hydrogens is 402 g/mol. The molecule has 168 valence electrons. The SMILES string of the molecule is CC(C)(C)c1ccc(N2C(=O)C(c3ccccc3)=C(N3CCN(CCO)CC3)C2=O)cc1. The van der Waals surface area contributed by atoms with Crippen molar-refractivity contribution in [2.45, 2.75) is 26.2 Å². The molecule has 0 saturated carbocycles. The summed E-state index contributed by atoms with van der Waals surface area (Å²) in [6.07, 6.45) is 0. The minimum Gasteiger partial charge on any atom is -0.395 e. The van der Waals surface area contributed by atoms with Crippen molar-refractivity contribution in [2.24, 2.45) is 0 Å². The number of anilines is 1. The Bertz CT molecular complexity index is 1010. The summed E-state index contributed by atoms with van der Waals surface area (Å²) >= 11 is 0. The van der Waals surface area contributed by atoms with Gasteiger partial charge in [0.05, 0.1) is 17.9 Å². The molecule has 4 rings (SSSR count). The van der Waals surface area contributed by atoms with E-state index in [1.807, 2.05) is 59.5 Å². The number of hydrogen-bond acceptors (Lipinski definition) is 5. The fourth-order valence-electron chi connectivity index (χ4n) is 4.36. The number of amides is 2. The number of piperazine rings is 1. The fourth-order valence-corrected chi connectivity index (χ4v) is 4.36. The Hall–Kier alpha value is -2.96. The van der Waals surface area contributed by atoms with Crippen LogP contribution in [0.25, 0.3) is 5.57 Å². The van der Waals surface area contributed by atoms with Gasteiger partial charge in [0.15, 0.2) is 0 Å². The van der Waals surface area contributed by atoms with Crippen LogP contribution in [0.3, 0.4) is 0 Å². The third-order valence-electron chi connectivity index (χ3n) is 6.22. The lowest BCUT2D eigenvalue weighted by molar-refractivity contribution is -0.120. The number of carbonyl (C=O) groups excluding carboxylic acids is 2. The number of aliphatic hydroxyl groups excluding tert-OH is 1. The first-order valence-corrected chi connectivity index (χ1v) is 11.2. The van der Waals surface area contributed by atoms with Crippen molar-refractivity contribution in [1.29, 1.82) is 0 Å². The molecule has 1 N–H and O–H groups in total. The van der Waals surface area contributed by atoms with Crippen LogP contribution in [-0.2, 0) is 15.0 Å². The minimum absolute atomic E-state index is 0.00951. The molecule has 0 bridgehead atoms. The summed E-state index contributed by atoms with van der Waals surface area (Å²) < 4.78 is 0. The molecular formula is C26H31N3O3. The minimum atomic E-state index is -0.280. The average molecular weight is 434 g/mol. The highest BCUT2D eigenvalue weighted by molar-refractivity contribution is 6.45. The van der Waals surface area contributed by atoms with Gasteiger partial charge in [-0.25, -0.2) is 4.90 Å². The standard InChI is InChI=1S/C26H31N3O3/c1-26(2,3)20-9-11-21(12-10-20)29-24(31)22(19-7-5-4-6-8-19)23(25(29)32)28-15-13-27(14-16-28)17-18-30/h4-12,30H,13-18H2,1-3H3. The molecule has 0 spiro atoms. The van der Waals surface area contributed by atoms with E-state index < -0.39 is 0 Å². The number of nitrogens with zero attached hydrogens (tertiary/aromatic N) is 3. The van der Waals surface area contributed by atoms with Crippen LogP contribution >= 0.6 is 0 Å². The maximum Gasteiger partial charge on any atom is 0.282 e. The predicted octanol–water partition coefficient (Wildman–Crippen LogP) is 2.88. The molecule has 2 heterocycles. The highest BCUT2D eigenvalue weighted by Gasteiger charge is 2.43. The number of carbonyl (C=O) groups is 2. The van der Waals surface area contributed by atoms with Crippen LogP contribution < -0.4 is 4.90 Å². The zero-order valence-electron chi connectivity index (χ0n) is 19.0. The molecule has 0 aliphatic carbocycles. The van der Waals surface area contributed by atoms with E-state index in [0.29, 0.717) is 36.6 Å². The van der Waals surface area contributed by atoms with Gasteiger partial charge < -0.3 is 10.0 Å². The average Bonchev–Trinajstić information content (AvgIpc) is 3.04. The first-order chi connectivity index (χ1) is 15.3. The van der Waals surface area contributed by atoms with Crippen molar-refractivity contribution in [3.05, 3.63) is 71.4 Å². The molecule has 2 amide bonds. The second-order valence-electron chi connectivity index (χ2n) is 9.38. The Morgan fingerprint density at radius 1 is 0.844 bits per heavy atom. The predicted molar refractivity (Wildman–Crippen MR) is 126 cm³/mol. The van der Waals surface area contributed by atoms with Crippen molar-refractivity contribution in [2.75, 3.05) is 44.2 Å². The lowest BCUT2D eigenvalue weighted by atomic mass is 9.87. The van der Waals surface area contributed by atoms with E-state index in [-0.39, 0.29) is 23.8 Å². The van der Waals surface area contributed by atoms with Crippen molar-refractivity contribution in [3.8, 4) is 0 Å². The number of rotatable bonds is 5. The number of β-amino-alcohol motifs (C(OH)–C–C–N with tert-alkyl or cyclic N) is 1. The molecule has 0 aromatic heterocycles. The quantitative estimate of drug-likeness (QED) is 0.735. The molecule has 0 radical (unpaired) electrons. The summed E-state index contributed by atoms with van der Waals surface area (Å²) in [5.41, 5.74) is 3.43. The second kappa shape index (κ2) is 8.88. The molecule has 2 aliphatic rings. The molecule has 0 atom stereocenters. The number of aliphatic hydroxyl groups is 1. The molecule has 2 aliphatic heterocycles. The summed E-state index contributed by atoms with van der Waals surface area (Å²) in [4.78, 5) is 32.7. The first kappa shape index (κ1) is 22.2. The van der Waals surface area contributed by atoms with E-state index in [9.17, 15) is 14.7 Å². The van der Waals surface area contributed by atoms with Gasteiger partial charge in [-0.1, -0.05) is 63.2 Å². The lowest BCUT2D eigenvalue weighted by Gasteiger charge is -2.36. The number of imide groups is 1. The Morgan fingerprint density at radius 3 is 2.03 bits per heavy atom. The number of benzene rings is 2. The van der Waals surface area contributed by atoms with Gasteiger partial charge in [0.1, 0.15) is 5.70 Å². The second-order valence-corrected chi connectivity index (χ2v) is 9.38. The molecule has 1 saturated heterocycles. The summed E-state index contributed by atoms with van der Waals surface area (Å²) in [6, 6.07) is 17.1. The van der Waals surface area contributed by atoms with E-state index in [0.717, 1.165) is 24.2 Å². The van der Waals surface area contributed by atoms with E-state index in [1.165, 1.54) is 4.90 Å². The summed E-state index contributed by atoms with van der Waals surface area (Å²) in [5, 5.41) is 9.22. The lowest BCUT2D eigenvalue weighted by Crippen LogP contribution is -2.48. The van der Waals surface area contributed by atoms with Gasteiger partial charge in [-0.3, -0.25) is 14.5 Å². The molecule has 0 unspecified atom stereocenters. The van der Waals surface area contributed by atoms with Crippen LogP contribution in [0.15, 0.2) is 60.3 Å². The molecule has 2 aromatic rings. The van der Waals surface area contributed by atoms with Gasteiger partial charge in [-0.05, 0) is 28.7 Å². The largest absolute Gasteiger partial charge is 0.395 e. The highest BCUT2D eigenvalue weighted by atomic mass is 16.3. The third-order valence-corrected chi connectivity index (χ3v) is 6.22. The maximum absolute atomic E-state index is 13.6. The van der Waals surface area contributed by atoms with Crippen LogP contribution in [0, 0.1) is 0 Å². The van der Waals surface area contributed by atoms with E-state index in [1.54, 1.807) is 0 Å². The third kappa shape index (κ3) is 4.20. The van der Waals surface area contributed by atoms with E-state index in [4.69, 9.17) is 0 Å². The fraction of sp³-hybridized carbons (Fsp3) is 0.385. The Labute approximate surface area is 189 Å². The maximum atomic E-state index is 13.6. The molecule has 1 fully saturated rings. The topological polar surface area (TPSA) is 64.1 Å². The van der Waals surface area contributed by atoms with Gasteiger partial charge in [0, 0.05) is 32.7 Å². The van der Waals surface area contributed by atoms with Crippen molar-refractivity contribution in [3.63, 3.8) is 0 Å². The summed E-state index contributed by atoms with van der Waals surface area (Å²) in [5.74, 6) is -0.550. The van der Waals surface area contributed by atoms with Crippen molar-refractivity contribution >= 4 is 23.1 Å². The zero-order valence-corrected chi connectivity index (χ0v) is 19.0. The molecule has 6 heteroatoms. The van der Waals surface area contributed by atoms with Crippen LogP contribution in [0.1, 0.15) is 31.9 Å². The molecule has 32 heavy (non-hydrogen) atoms. The summed E-state index contributed by atoms with van der Waals surface area (Å²) in [6.45, 7) is 9.92. The van der Waals surface area contributed by atoms with Crippen LogP contribution in [-0.4, -0.2) is 66.1 Å². The van der Waals surface area contributed by atoms with E-state index >= 15 is 0 Å². The van der Waals surface area contributed by atoms with Gasteiger partial charge in [-0.15, -0.1) is 0 Å². The number of hydrogen-bond donors (Lipinski definition) is 1. The smallest absolute Gasteiger partial charge is 0.282 e. The Kier molecular flexibility index (Phi) is 6.17.